The highest BCUT2D eigenvalue weighted by atomic mass is 16.7. The molecule has 1 spiro atoms. The van der Waals surface area contributed by atoms with Crippen LogP contribution in [0.25, 0.3) is 0 Å². The Morgan fingerprint density at radius 1 is 1.35 bits per heavy atom. The topological polar surface area (TPSA) is 18.5 Å². The van der Waals surface area contributed by atoms with E-state index in [4.69, 9.17) is 9.47 Å². The van der Waals surface area contributed by atoms with Gasteiger partial charge in [0.1, 0.15) is 0 Å². The summed E-state index contributed by atoms with van der Waals surface area (Å²) in [7, 11) is 1.85. The van der Waals surface area contributed by atoms with Gasteiger partial charge in [-0.15, -0.1) is 0 Å². The van der Waals surface area contributed by atoms with Gasteiger partial charge in [-0.05, 0) is 31.6 Å². The van der Waals surface area contributed by atoms with Gasteiger partial charge in [-0.25, -0.2) is 0 Å². The number of hydrogen-bond acceptors (Lipinski definition) is 2. The van der Waals surface area contributed by atoms with Crippen LogP contribution in [0.4, 0.5) is 0 Å². The first-order valence-corrected chi connectivity index (χ1v) is 7.04. The lowest BCUT2D eigenvalue weighted by Crippen LogP contribution is -2.55. The van der Waals surface area contributed by atoms with Crippen molar-refractivity contribution in [1.82, 2.24) is 0 Å². The normalized spacial score (nSPS) is 58.4. The molecule has 2 heteroatoms. The zero-order valence-corrected chi connectivity index (χ0v) is 11.0. The summed E-state index contributed by atoms with van der Waals surface area (Å²) >= 11 is 0. The van der Waals surface area contributed by atoms with Gasteiger partial charge in [0.25, 0.3) is 0 Å². The molecule has 0 radical (unpaired) electrons. The molecule has 4 rings (SSSR count). The van der Waals surface area contributed by atoms with Crippen molar-refractivity contribution < 1.29 is 9.47 Å². The predicted molar refractivity (Wildman–Crippen MR) is 65.4 cm³/mol. The second kappa shape index (κ2) is 2.80. The van der Waals surface area contributed by atoms with Crippen LogP contribution in [0.1, 0.15) is 39.5 Å². The molecule has 5 atom stereocenters. The number of allylic oxidation sites excluding steroid dienone is 1. The lowest BCUT2D eigenvalue weighted by Gasteiger charge is -2.50. The molecule has 0 N–H and O–H groups in total. The second-order valence-electron chi connectivity index (χ2n) is 6.75. The number of ether oxygens (including phenoxy) is 2. The Kier molecular flexibility index (Phi) is 1.74. The summed E-state index contributed by atoms with van der Waals surface area (Å²) in [5.74, 6) is 1.60. The molecule has 0 unspecified atom stereocenters. The summed E-state index contributed by atoms with van der Waals surface area (Å²) in [6, 6.07) is 0. The van der Waals surface area contributed by atoms with E-state index >= 15 is 0 Å². The van der Waals surface area contributed by atoms with E-state index in [-0.39, 0.29) is 16.8 Å². The van der Waals surface area contributed by atoms with Crippen molar-refractivity contribution in [2.45, 2.75) is 50.9 Å². The van der Waals surface area contributed by atoms with Crippen LogP contribution in [-0.2, 0) is 9.47 Å². The van der Waals surface area contributed by atoms with Crippen molar-refractivity contribution in [3.8, 4) is 0 Å². The molecule has 3 aliphatic carbocycles. The molecular formula is C15H22O2. The summed E-state index contributed by atoms with van der Waals surface area (Å²) in [5.41, 5.74) is 0.302. The van der Waals surface area contributed by atoms with E-state index in [0.29, 0.717) is 17.8 Å². The Hall–Kier alpha value is -0.340. The maximum absolute atomic E-state index is 6.63. The summed E-state index contributed by atoms with van der Waals surface area (Å²) in [6.45, 7) is 4.63. The summed E-state index contributed by atoms with van der Waals surface area (Å²) in [6.07, 6.45) is 9.75. The summed E-state index contributed by atoms with van der Waals surface area (Å²) in [4.78, 5) is 0. The van der Waals surface area contributed by atoms with Gasteiger partial charge in [-0.2, -0.15) is 0 Å². The molecule has 2 nitrogen and oxygen atoms in total. The van der Waals surface area contributed by atoms with Crippen LogP contribution >= 0.6 is 0 Å². The van der Waals surface area contributed by atoms with Crippen LogP contribution in [0, 0.1) is 23.2 Å². The largest absolute Gasteiger partial charge is 0.352 e. The minimum Gasteiger partial charge on any atom is -0.352 e. The number of hydrogen-bond donors (Lipinski definition) is 0. The molecule has 1 aliphatic heterocycles. The molecule has 0 amide bonds. The quantitative estimate of drug-likeness (QED) is 0.683. The SMILES string of the molecule is CO[C@]12O[C@@]3(C(C)C)CC[C@]14C=CC[C@H]2C[C@@H]43. The fourth-order valence-electron chi connectivity index (χ4n) is 5.63. The van der Waals surface area contributed by atoms with E-state index in [1.54, 1.807) is 0 Å². The van der Waals surface area contributed by atoms with Crippen LogP contribution in [0.3, 0.4) is 0 Å². The lowest BCUT2D eigenvalue weighted by molar-refractivity contribution is -0.326. The Balaban J connectivity index is 1.92. The predicted octanol–water partition coefficient (Wildman–Crippen LogP) is 3.13. The molecule has 2 saturated carbocycles. The smallest absolute Gasteiger partial charge is 0.181 e. The van der Waals surface area contributed by atoms with Crippen LogP contribution in [-0.4, -0.2) is 18.5 Å². The van der Waals surface area contributed by atoms with Gasteiger partial charge in [0.2, 0.25) is 0 Å². The molecule has 0 aromatic rings. The van der Waals surface area contributed by atoms with Gasteiger partial charge in [-0.3, -0.25) is 0 Å². The summed E-state index contributed by atoms with van der Waals surface area (Å²) < 4.78 is 12.6. The van der Waals surface area contributed by atoms with Gasteiger partial charge in [-0.1, -0.05) is 26.0 Å². The van der Waals surface area contributed by atoms with Crippen molar-refractivity contribution in [1.29, 1.82) is 0 Å². The Morgan fingerprint density at radius 2 is 2.18 bits per heavy atom. The first kappa shape index (κ1) is 10.6. The highest BCUT2D eigenvalue weighted by Gasteiger charge is 2.81. The molecule has 94 valence electrons. The van der Waals surface area contributed by atoms with E-state index < -0.39 is 0 Å². The van der Waals surface area contributed by atoms with E-state index in [1.165, 1.54) is 19.3 Å². The van der Waals surface area contributed by atoms with Crippen LogP contribution < -0.4 is 0 Å². The Morgan fingerprint density at radius 3 is 2.82 bits per heavy atom. The van der Waals surface area contributed by atoms with E-state index in [9.17, 15) is 0 Å². The molecule has 0 aromatic heterocycles. The van der Waals surface area contributed by atoms with Gasteiger partial charge in [0.15, 0.2) is 5.79 Å². The van der Waals surface area contributed by atoms with Crippen LogP contribution in [0.5, 0.6) is 0 Å². The minimum absolute atomic E-state index is 0.0984. The minimum atomic E-state index is -0.283. The third-order valence-electron chi connectivity index (χ3n) is 6.31. The van der Waals surface area contributed by atoms with E-state index in [2.05, 4.69) is 26.0 Å². The fraction of sp³-hybridized carbons (Fsp3) is 0.867. The molecule has 3 fully saturated rings. The molecule has 17 heavy (non-hydrogen) atoms. The zero-order valence-electron chi connectivity index (χ0n) is 11.0. The number of methoxy groups -OCH3 is 1. The van der Waals surface area contributed by atoms with Crippen LogP contribution in [0.2, 0.25) is 0 Å². The first-order chi connectivity index (χ1) is 8.11. The van der Waals surface area contributed by atoms with E-state index in [1.807, 2.05) is 7.11 Å². The third kappa shape index (κ3) is 0.821. The second-order valence-corrected chi connectivity index (χ2v) is 6.75. The Labute approximate surface area is 103 Å². The van der Waals surface area contributed by atoms with E-state index in [0.717, 1.165) is 6.42 Å². The third-order valence-corrected chi connectivity index (χ3v) is 6.31. The van der Waals surface area contributed by atoms with Crippen molar-refractivity contribution in [2.24, 2.45) is 23.2 Å². The molecule has 4 aliphatic rings. The van der Waals surface area contributed by atoms with Crippen molar-refractivity contribution in [3.05, 3.63) is 12.2 Å². The van der Waals surface area contributed by atoms with Crippen molar-refractivity contribution >= 4 is 0 Å². The van der Waals surface area contributed by atoms with Crippen molar-refractivity contribution in [2.75, 3.05) is 7.11 Å². The molecular weight excluding hydrogens is 212 g/mol. The highest BCUT2D eigenvalue weighted by molar-refractivity contribution is 5.33. The number of rotatable bonds is 2. The molecule has 5 bridgehead atoms. The average Bonchev–Trinajstić information content (AvgIpc) is 2.81. The monoisotopic (exact) mass is 234 g/mol. The van der Waals surface area contributed by atoms with Gasteiger partial charge in [0.05, 0.1) is 5.60 Å². The van der Waals surface area contributed by atoms with Crippen molar-refractivity contribution in [3.63, 3.8) is 0 Å². The highest BCUT2D eigenvalue weighted by Crippen LogP contribution is 2.77. The average molecular weight is 234 g/mol. The zero-order chi connectivity index (χ0) is 11.9. The van der Waals surface area contributed by atoms with Crippen LogP contribution in [0.15, 0.2) is 12.2 Å². The molecule has 0 aromatic carbocycles. The maximum atomic E-state index is 6.63. The van der Waals surface area contributed by atoms with Gasteiger partial charge < -0.3 is 9.47 Å². The van der Waals surface area contributed by atoms with Gasteiger partial charge in [0, 0.05) is 24.4 Å². The van der Waals surface area contributed by atoms with Gasteiger partial charge >= 0.3 is 0 Å². The standard InChI is InChI=1S/C15H22O2/c1-10(2)14-8-7-13-6-4-5-11(9-12(13)14)15(13,16-3)17-14/h4,6,10-12H,5,7-9H2,1-3H3/t11-,12-,13-,14+,15+/m0/s1. The lowest BCUT2D eigenvalue weighted by atomic mass is 9.72. The molecule has 1 heterocycles. The maximum Gasteiger partial charge on any atom is 0.181 e. The molecule has 1 saturated heterocycles. The summed E-state index contributed by atoms with van der Waals surface area (Å²) in [5, 5.41) is 0. The fourth-order valence-corrected chi connectivity index (χ4v) is 5.63. The Bertz CT molecular complexity index is 402. The first-order valence-electron chi connectivity index (χ1n) is 7.04.